The van der Waals surface area contributed by atoms with Crippen LogP contribution in [0.3, 0.4) is 0 Å². The number of ketones is 1. The molecule has 0 atom stereocenters. The fraction of sp³-hybridized carbons (Fsp3) is 0.286. The van der Waals surface area contributed by atoms with Gasteiger partial charge in [0.25, 0.3) is 0 Å². The van der Waals surface area contributed by atoms with E-state index in [4.69, 9.17) is 9.15 Å². The molecule has 0 amide bonds. The quantitative estimate of drug-likeness (QED) is 0.674. The molecule has 1 aromatic carbocycles. The summed E-state index contributed by atoms with van der Waals surface area (Å²) >= 11 is 0. The standard InChI is InChI=1S/C21H21NO5/c1-12(24)9-18-13(2)17-7-8-19(14(3)20(17)27-21(18)25)26-11-16-6-4-5-15(10-23)22-16/h4-8,23H,9-11H2,1-3H3. The lowest BCUT2D eigenvalue weighted by Gasteiger charge is -2.13. The minimum Gasteiger partial charge on any atom is -0.487 e. The first kappa shape index (κ1) is 18.8. The molecule has 0 aliphatic carbocycles. The molecular formula is C21H21NO5. The van der Waals surface area contributed by atoms with Gasteiger partial charge in [-0.15, -0.1) is 0 Å². The zero-order valence-electron chi connectivity index (χ0n) is 15.5. The van der Waals surface area contributed by atoms with Crippen LogP contribution >= 0.6 is 0 Å². The zero-order chi connectivity index (χ0) is 19.6. The number of benzene rings is 1. The van der Waals surface area contributed by atoms with E-state index in [-0.39, 0.29) is 25.4 Å². The third kappa shape index (κ3) is 3.90. The van der Waals surface area contributed by atoms with Gasteiger partial charge in [-0.2, -0.15) is 0 Å². The minimum absolute atomic E-state index is 0.0638. The van der Waals surface area contributed by atoms with Crippen LogP contribution in [0.25, 0.3) is 11.0 Å². The van der Waals surface area contributed by atoms with Crippen molar-refractivity contribution in [3.8, 4) is 5.75 Å². The van der Waals surface area contributed by atoms with Crippen LogP contribution in [0, 0.1) is 13.8 Å². The predicted octanol–water partition coefficient (Wildman–Crippen LogP) is 3.01. The number of aromatic nitrogens is 1. The molecule has 0 bridgehead atoms. The topological polar surface area (TPSA) is 89.6 Å². The maximum Gasteiger partial charge on any atom is 0.340 e. The highest BCUT2D eigenvalue weighted by Gasteiger charge is 2.16. The second-order valence-electron chi connectivity index (χ2n) is 6.50. The Morgan fingerprint density at radius 3 is 2.59 bits per heavy atom. The summed E-state index contributed by atoms with van der Waals surface area (Å²) < 4.78 is 11.3. The molecule has 0 radical (unpaired) electrons. The number of aliphatic hydroxyl groups is 1. The van der Waals surface area contributed by atoms with E-state index in [1.807, 2.05) is 38.1 Å². The number of Topliss-reactive ketones (excluding diaryl/α,β-unsaturated/α-hetero) is 1. The van der Waals surface area contributed by atoms with Crippen LogP contribution in [-0.2, 0) is 24.4 Å². The highest BCUT2D eigenvalue weighted by molar-refractivity contribution is 5.87. The van der Waals surface area contributed by atoms with E-state index in [0.29, 0.717) is 33.8 Å². The van der Waals surface area contributed by atoms with Gasteiger partial charge in [0.2, 0.25) is 0 Å². The number of carbonyl (C=O) groups is 1. The molecule has 0 saturated carbocycles. The Labute approximate surface area is 156 Å². The van der Waals surface area contributed by atoms with Crippen molar-refractivity contribution in [1.82, 2.24) is 4.98 Å². The number of carbonyl (C=O) groups excluding carboxylic acids is 1. The highest BCUT2D eigenvalue weighted by Crippen LogP contribution is 2.30. The van der Waals surface area contributed by atoms with Crippen molar-refractivity contribution in [1.29, 1.82) is 0 Å². The van der Waals surface area contributed by atoms with Crippen molar-refractivity contribution in [2.75, 3.05) is 0 Å². The molecule has 140 valence electrons. The van der Waals surface area contributed by atoms with E-state index in [2.05, 4.69) is 4.98 Å². The summed E-state index contributed by atoms with van der Waals surface area (Å²) in [4.78, 5) is 28.0. The predicted molar refractivity (Wildman–Crippen MR) is 101 cm³/mol. The summed E-state index contributed by atoms with van der Waals surface area (Å²) in [6, 6.07) is 9.01. The van der Waals surface area contributed by atoms with Gasteiger partial charge in [0.05, 0.1) is 18.0 Å². The van der Waals surface area contributed by atoms with Gasteiger partial charge >= 0.3 is 5.63 Å². The molecule has 0 spiro atoms. The number of aryl methyl sites for hydroxylation is 2. The Bertz CT molecular complexity index is 1070. The van der Waals surface area contributed by atoms with Crippen LogP contribution in [0.1, 0.15) is 35.0 Å². The summed E-state index contributed by atoms with van der Waals surface area (Å²) in [7, 11) is 0. The van der Waals surface area contributed by atoms with Gasteiger partial charge in [0.15, 0.2) is 0 Å². The van der Waals surface area contributed by atoms with Crippen molar-refractivity contribution >= 4 is 16.8 Å². The van der Waals surface area contributed by atoms with Crippen LogP contribution in [0.15, 0.2) is 39.5 Å². The van der Waals surface area contributed by atoms with E-state index in [1.54, 1.807) is 6.07 Å². The molecule has 27 heavy (non-hydrogen) atoms. The zero-order valence-corrected chi connectivity index (χ0v) is 15.5. The first-order valence-corrected chi connectivity index (χ1v) is 8.64. The Morgan fingerprint density at radius 2 is 1.89 bits per heavy atom. The number of aliphatic hydroxyl groups excluding tert-OH is 1. The van der Waals surface area contributed by atoms with Gasteiger partial charge < -0.3 is 14.3 Å². The molecule has 0 aliphatic rings. The van der Waals surface area contributed by atoms with Gasteiger partial charge in [-0.3, -0.25) is 9.78 Å². The first-order valence-electron chi connectivity index (χ1n) is 8.64. The summed E-state index contributed by atoms with van der Waals surface area (Å²) in [5, 5.41) is 9.96. The first-order chi connectivity index (χ1) is 12.9. The molecule has 6 nitrogen and oxygen atoms in total. The third-order valence-electron chi connectivity index (χ3n) is 4.48. The summed E-state index contributed by atoms with van der Waals surface area (Å²) in [6.45, 7) is 5.19. The van der Waals surface area contributed by atoms with Crippen molar-refractivity contribution in [2.24, 2.45) is 0 Å². The van der Waals surface area contributed by atoms with Crippen LogP contribution in [0.5, 0.6) is 5.75 Å². The van der Waals surface area contributed by atoms with Crippen LogP contribution < -0.4 is 10.4 Å². The van der Waals surface area contributed by atoms with Gasteiger partial charge in [-0.25, -0.2) is 4.79 Å². The van der Waals surface area contributed by atoms with Gasteiger partial charge in [0, 0.05) is 22.9 Å². The monoisotopic (exact) mass is 367 g/mol. The van der Waals surface area contributed by atoms with Gasteiger partial charge in [0.1, 0.15) is 23.7 Å². The van der Waals surface area contributed by atoms with Crippen molar-refractivity contribution in [2.45, 2.75) is 40.4 Å². The maximum absolute atomic E-state index is 12.3. The number of fused-ring (bicyclic) bond motifs is 1. The smallest absolute Gasteiger partial charge is 0.340 e. The van der Waals surface area contributed by atoms with Crippen LogP contribution in [-0.4, -0.2) is 15.9 Å². The van der Waals surface area contributed by atoms with Gasteiger partial charge in [-0.05, 0) is 50.6 Å². The average molecular weight is 367 g/mol. The Morgan fingerprint density at radius 1 is 1.15 bits per heavy atom. The number of pyridine rings is 1. The van der Waals surface area contributed by atoms with Crippen LogP contribution in [0.2, 0.25) is 0 Å². The fourth-order valence-corrected chi connectivity index (χ4v) is 3.03. The van der Waals surface area contributed by atoms with E-state index < -0.39 is 5.63 Å². The fourth-order valence-electron chi connectivity index (χ4n) is 3.03. The normalized spacial score (nSPS) is 11.0. The molecule has 0 unspecified atom stereocenters. The summed E-state index contributed by atoms with van der Waals surface area (Å²) in [6.07, 6.45) is 0.0638. The van der Waals surface area contributed by atoms with Crippen molar-refractivity contribution in [3.05, 3.63) is 68.8 Å². The van der Waals surface area contributed by atoms with E-state index in [0.717, 1.165) is 10.9 Å². The number of hydrogen-bond acceptors (Lipinski definition) is 6. The molecular weight excluding hydrogens is 346 g/mol. The summed E-state index contributed by atoms with van der Waals surface area (Å²) in [5.74, 6) is 0.500. The third-order valence-corrected chi connectivity index (χ3v) is 4.48. The Hall–Kier alpha value is -2.99. The number of nitrogens with zero attached hydrogens (tertiary/aromatic N) is 1. The van der Waals surface area contributed by atoms with Gasteiger partial charge in [-0.1, -0.05) is 6.07 Å². The second kappa shape index (κ2) is 7.72. The summed E-state index contributed by atoms with van der Waals surface area (Å²) in [5.41, 5.74) is 3.09. The molecule has 0 saturated heterocycles. The molecule has 0 aliphatic heterocycles. The maximum atomic E-state index is 12.3. The lowest BCUT2D eigenvalue weighted by Crippen LogP contribution is -2.14. The van der Waals surface area contributed by atoms with Crippen LogP contribution in [0.4, 0.5) is 0 Å². The number of rotatable bonds is 6. The Balaban J connectivity index is 1.95. The van der Waals surface area contributed by atoms with E-state index in [9.17, 15) is 14.7 Å². The van der Waals surface area contributed by atoms with E-state index in [1.165, 1.54) is 6.92 Å². The number of hydrogen-bond donors (Lipinski definition) is 1. The minimum atomic E-state index is -0.493. The molecule has 0 fully saturated rings. The molecule has 6 heteroatoms. The van der Waals surface area contributed by atoms with Crippen molar-refractivity contribution < 1.29 is 19.1 Å². The molecule has 1 N–H and O–H groups in total. The number of ether oxygens (including phenoxy) is 1. The molecule has 2 aromatic heterocycles. The molecule has 3 rings (SSSR count). The second-order valence-corrected chi connectivity index (χ2v) is 6.50. The molecule has 2 heterocycles. The largest absolute Gasteiger partial charge is 0.487 e. The molecule has 3 aromatic rings. The SMILES string of the molecule is CC(=O)Cc1c(C)c2ccc(OCc3cccc(CO)n3)c(C)c2oc1=O. The lowest BCUT2D eigenvalue weighted by atomic mass is 10.0. The average Bonchev–Trinajstić information content (AvgIpc) is 2.65. The van der Waals surface area contributed by atoms with E-state index >= 15 is 0 Å². The highest BCUT2D eigenvalue weighted by atomic mass is 16.5. The Kier molecular flexibility index (Phi) is 5.37. The van der Waals surface area contributed by atoms with Crippen molar-refractivity contribution in [3.63, 3.8) is 0 Å². The lowest BCUT2D eigenvalue weighted by molar-refractivity contribution is -0.116.